The minimum absolute atomic E-state index is 0.361. The first-order valence-electron chi connectivity index (χ1n) is 7.14. The van der Waals surface area contributed by atoms with E-state index in [9.17, 15) is 0 Å². The van der Waals surface area contributed by atoms with Crippen molar-refractivity contribution in [2.24, 2.45) is 11.7 Å². The maximum absolute atomic E-state index is 5.80. The van der Waals surface area contributed by atoms with Crippen molar-refractivity contribution in [3.63, 3.8) is 0 Å². The number of ether oxygens (including phenoxy) is 2. The number of nitrogens with two attached hydrogens (primary N) is 1. The van der Waals surface area contributed by atoms with Crippen LogP contribution in [-0.4, -0.2) is 20.3 Å². The molecule has 0 fully saturated rings. The zero-order valence-electron chi connectivity index (χ0n) is 12.7. The molecule has 0 saturated carbocycles. The highest BCUT2D eigenvalue weighted by Gasteiger charge is 2.05. The van der Waals surface area contributed by atoms with Gasteiger partial charge in [0.05, 0.1) is 20.3 Å². The highest BCUT2D eigenvalue weighted by Crippen LogP contribution is 2.18. The van der Waals surface area contributed by atoms with E-state index in [0.717, 1.165) is 23.5 Å². The summed E-state index contributed by atoms with van der Waals surface area (Å²) in [6.07, 6.45) is 2.38. The highest BCUT2D eigenvalue weighted by molar-refractivity contribution is 5.45. The fraction of sp³-hybridized carbons (Fsp3) is 0.529. The van der Waals surface area contributed by atoms with Crippen molar-refractivity contribution in [1.82, 2.24) is 0 Å². The molecule has 1 rings (SSSR count). The molecule has 1 atom stereocenters. The van der Waals surface area contributed by atoms with Crippen molar-refractivity contribution in [1.29, 1.82) is 0 Å². The van der Waals surface area contributed by atoms with Crippen molar-refractivity contribution in [3.05, 3.63) is 29.3 Å². The Kier molecular flexibility index (Phi) is 7.79. The van der Waals surface area contributed by atoms with Gasteiger partial charge in [-0.05, 0) is 36.1 Å². The lowest BCUT2D eigenvalue weighted by atomic mass is 10.1. The molecule has 1 aromatic carbocycles. The first-order valence-corrected chi connectivity index (χ1v) is 7.14. The van der Waals surface area contributed by atoms with Crippen LogP contribution in [0.2, 0.25) is 0 Å². The minimum atomic E-state index is 0.361. The molecule has 110 valence electrons. The van der Waals surface area contributed by atoms with E-state index < -0.39 is 0 Å². The van der Waals surface area contributed by atoms with Gasteiger partial charge in [-0.15, -0.1) is 0 Å². The second-order valence-electron chi connectivity index (χ2n) is 4.94. The van der Waals surface area contributed by atoms with Crippen LogP contribution in [0.1, 0.15) is 37.8 Å². The number of hydrogen-bond acceptors (Lipinski definition) is 3. The summed E-state index contributed by atoms with van der Waals surface area (Å²) in [6, 6.07) is 5.84. The largest absolute Gasteiger partial charge is 0.497 e. The summed E-state index contributed by atoms with van der Waals surface area (Å²) < 4.78 is 11.1. The van der Waals surface area contributed by atoms with E-state index in [1.54, 1.807) is 7.11 Å². The molecule has 0 bridgehead atoms. The van der Waals surface area contributed by atoms with E-state index in [2.05, 4.69) is 25.7 Å². The molecule has 0 radical (unpaired) electrons. The van der Waals surface area contributed by atoms with Crippen molar-refractivity contribution in [3.8, 4) is 17.6 Å². The van der Waals surface area contributed by atoms with Crippen LogP contribution in [0.25, 0.3) is 0 Å². The second-order valence-corrected chi connectivity index (χ2v) is 4.94. The molecule has 0 aliphatic rings. The first-order chi connectivity index (χ1) is 9.71. The Hall–Kier alpha value is -1.50. The summed E-state index contributed by atoms with van der Waals surface area (Å²) in [5.74, 6) is 7.37. The summed E-state index contributed by atoms with van der Waals surface area (Å²) >= 11 is 0. The molecule has 1 aromatic rings. The number of rotatable bonds is 7. The topological polar surface area (TPSA) is 44.5 Å². The summed E-state index contributed by atoms with van der Waals surface area (Å²) in [4.78, 5) is 0. The van der Waals surface area contributed by atoms with Gasteiger partial charge in [-0.2, -0.15) is 0 Å². The fourth-order valence-electron chi connectivity index (χ4n) is 2.03. The molecular weight excluding hydrogens is 250 g/mol. The zero-order valence-corrected chi connectivity index (χ0v) is 12.7. The zero-order chi connectivity index (χ0) is 14.8. The molecular formula is C17H25NO2. The predicted molar refractivity (Wildman–Crippen MR) is 82.7 cm³/mol. The van der Waals surface area contributed by atoms with Crippen LogP contribution in [0.4, 0.5) is 0 Å². The normalized spacial score (nSPS) is 11.6. The number of benzene rings is 1. The molecule has 0 aliphatic heterocycles. The summed E-state index contributed by atoms with van der Waals surface area (Å²) in [6.45, 7) is 6.10. The molecule has 2 N–H and O–H groups in total. The van der Waals surface area contributed by atoms with Gasteiger partial charge in [-0.25, -0.2) is 0 Å². The Bertz CT molecular complexity index is 460. The van der Waals surface area contributed by atoms with Crippen molar-refractivity contribution in [2.75, 3.05) is 20.3 Å². The van der Waals surface area contributed by atoms with E-state index in [4.69, 9.17) is 15.2 Å². The molecule has 0 spiro atoms. The summed E-state index contributed by atoms with van der Waals surface area (Å²) in [5, 5.41) is 0. The Balaban J connectivity index is 2.70. The summed E-state index contributed by atoms with van der Waals surface area (Å²) in [7, 11) is 1.66. The average Bonchev–Trinajstić information content (AvgIpc) is 2.46. The van der Waals surface area contributed by atoms with Crippen molar-refractivity contribution >= 4 is 0 Å². The van der Waals surface area contributed by atoms with Crippen LogP contribution in [0.15, 0.2) is 18.2 Å². The Morgan fingerprint density at radius 2 is 2.15 bits per heavy atom. The third-order valence-electron chi connectivity index (χ3n) is 3.08. The van der Waals surface area contributed by atoms with Gasteiger partial charge >= 0.3 is 0 Å². The third kappa shape index (κ3) is 5.64. The monoisotopic (exact) mass is 275 g/mol. The van der Waals surface area contributed by atoms with Crippen LogP contribution >= 0.6 is 0 Å². The number of hydrogen-bond donors (Lipinski definition) is 1. The molecule has 0 amide bonds. The van der Waals surface area contributed by atoms with E-state index in [1.807, 2.05) is 18.2 Å². The van der Waals surface area contributed by atoms with E-state index in [0.29, 0.717) is 19.1 Å². The summed E-state index contributed by atoms with van der Waals surface area (Å²) in [5.41, 5.74) is 7.43. The molecule has 0 heterocycles. The molecule has 0 aliphatic carbocycles. The van der Waals surface area contributed by atoms with Gasteiger partial charge in [0.2, 0.25) is 0 Å². The Labute approximate surface area is 122 Å². The molecule has 3 nitrogen and oxygen atoms in total. The first kappa shape index (κ1) is 16.6. The van der Waals surface area contributed by atoms with E-state index >= 15 is 0 Å². The molecule has 0 aromatic heterocycles. The quantitative estimate of drug-likeness (QED) is 0.778. The van der Waals surface area contributed by atoms with E-state index in [1.165, 1.54) is 12.8 Å². The average molecular weight is 275 g/mol. The van der Waals surface area contributed by atoms with Gasteiger partial charge in [-0.3, -0.25) is 0 Å². The molecule has 0 saturated heterocycles. The van der Waals surface area contributed by atoms with Crippen LogP contribution in [-0.2, 0) is 11.3 Å². The van der Waals surface area contributed by atoms with Crippen molar-refractivity contribution < 1.29 is 9.47 Å². The second kappa shape index (κ2) is 9.41. The van der Waals surface area contributed by atoms with Gasteiger partial charge < -0.3 is 15.2 Å². The van der Waals surface area contributed by atoms with Crippen LogP contribution in [0.5, 0.6) is 5.75 Å². The fourth-order valence-corrected chi connectivity index (χ4v) is 2.03. The minimum Gasteiger partial charge on any atom is -0.497 e. The maximum Gasteiger partial charge on any atom is 0.119 e. The lowest BCUT2D eigenvalue weighted by molar-refractivity contribution is 0.0891. The third-order valence-corrected chi connectivity index (χ3v) is 3.08. The van der Waals surface area contributed by atoms with Crippen LogP contribution in [0, 0.1) is 17.8 Å². The SMILES string of the molecule is CCCC(C)COCc1cc(OC)ccc1C#CCN. The highest BCUT2D eigenvalue weighted by atomic mass is 16.5. The molecule has 1 unspecified atom stereocenters. The van der Waals surface area contributed by atoms with Gasteiger partial charge in [-0.1, -0.05) is 32.1 Å². The van der Waals surface area contributed by atoms with Gasteiger partial charge in [0.25, 0.3) is 0 Å². The lowest BCUT2D eigenvalue weighted by Crippen LogP contribution is -2.06. The van der Waals surface area contributed by atoms with Crippen molar-refractivity contribution in [2.45, 2.75) is 33.3 Å². The smallest absolute Gasteiger partial charge is 0.119 e. The predicted octanol–water partition coefficient (Wildman–Crippen LogP) is 2.96. The standard InChI is InChI=1S/C17H25NO2/c1-4-6-14(2)12-20-13-16-11-17(19-3)9-8-15(16)7-5-10-18/h8-9,11,14H,4,6,10,12-13,18H2,1-3H3. The van der Waals surface area contributed by atoms with Crippen LogP contribution in [0.3, 0.4) is 0 Å². The lowest BCUT2D eigenvalue weighted by Gasteiger charge is -2.12. The van der Waals surface area contributed by atoms with Gasteiger partial charge in [0.1, 0.15) is 5.75 Å². The number of methoxy groups -OCH3 is 1. The Morgan fingerprint density at radius 3 is 2.80 bits per heavy atom. The van der Waals surface area contributed by atoms with Gasteiger partial charge in [0.15, 0.2) is 0 Å². The molecule has 3 heteroatoms. The van der Waals surface area contributed by atoms with E-state index in [-0.39, 0.29) is 0 Å². The van der Waals surface area contributed by atoms with Gasteiger partial charge in [0, 0.05) is 12.2 Å². The molecule has 20 heavy (non-hydrogen) atoms. The Morgan fingerprint density at radius 1 is 1.35 bits per heavy atom. The van der Waals surface area contributed by atoms with Crippen LogP contribution < -0.4 is 10.5 Å². The maximum atomic E-state index is 5.80.